The summed E-state index contributed by atoms with van der Waals surface area (Å²) >= 11 is 1.73. The van der Waals surface area contributed by atoms with Crippen LogP contribution in [0.1, 0.15) is 26.2 Å². The van der Waals surface area contributed by atoms with Crippen LogP contribution in [0.25, 0.3) is 0 Å². The first-order chi connectivity index (χ1) is 8.13. The van der Waals surface area contributed by atoms with E-state index in [9.17, 15) is 9.59 Å². The number of amides is 2. The van der Waals surface area contributed by atoms with Crippen molar-refractivity contribution in [2.75, 3.05) is 18.6 Å². The molecule has 1 saturated carbocycles. The first-order valence-corrected chi connectivity index (χ1v) is 7.61. The number of hydrogen-bond acceptors (Lipinski definition) is 3. The molecule has 17 heavy (non-hydrogen) atoms. The highest BCUT2D eigenvalue weighted by Gasteiger charge is 2.42. The number of rotatable bonds is 4. The summed E-state index contributed by atoms with van der Waals surface area (Å²) in [5.74, 6) is 1.46. The average molecular weight is 256 g/mol. The van der Waals surface area contributed by atoms with Gasteiger partial charge in [0.1, 0.15) is 6.04 Å². The van der Waals surface area contributed by atoms with Crippen LogP contribution in [0.15, 0.2) is 0 Å². The quantitative estimate of drug-likeness (QED) is 0.812. The van der Waals surface area contributed by atoms with Crippen molar-refractivity contribution in [2.24, 2.45) is 5.92 Å². The Morgan fingerprint density at radius 1 is 1.41 bits per heavy atom. The van der Waals surface area contributed by atoms with E-state index in [2.05, 4.69) is 5.32 Å². The molecule has 1 saturated heterocycles. The molecule has 2 amide bonds. The van der Waals surface area contributed by atoms with Gasteiger partial charge in [-0.2, -0.15) is 11.8 Å². The van der Waals surface area contributed by atoms with Gasteiger partial charge in [-0.1, -0.05) is 0 Å². The standard InChI is InChI=1S/C12H20N2O2S/c1-8-7-10(15)13-11(9-3-4-9)12(16)14(8)5-6-17-2/h8-9,11H,3-7H2,1-2H3,(H,13,15). The van der Waals surface area contributed by atoms with Crippen LogP contribution >= 0.6 is 11.8 Å². The van der Waals surface area contributed by atoms with Crippen molar-refractivity contribution >= 4 is 23.6 Å². The topological polar surface area (TPSA) is 49.4 Å². The predicted molar refractivity (Wildman–Crippen MR) is 68.8 cm³/mol. The molecule has 4 nitrogen and oxygen atoms in total. The third kappa shape index (κ3) is 2.94. The summed E-state index contributed by atoms with van der Waals surface area (Å²) in [7, 11) is 0. The molecular weight excluding hydrogens is 236 g/mol. The molecule has 2 unspecified atom stereocenters. The first-order valence-electron chi connectivity index (χ1n) is 6.22. The van der Waals surface area contributed by atoms with Gasteiger partial charge >= 0.3 is 0 Å². The van der Waals surface area contributed by atoms with E-state index in [1.807, 2.05) is 18.1 Å². The van der Waals surface area contributed by atoms with E-state index < -0.39 is 0 Å². The highest BCUT2D eigenvalue weighted by Crippen LogP contribution is 2.34. The Hall–Kier alpha value is -0.710. The van der Waals surface area contributed by atoms with Crippen LogP contribution in [0.3, 0.4) is 0 Å². The maximum atomic E-state index is 12.4. The van der Waals surface area contributed by atoms with Gasteiger partial charge in [0, 0.05) is 24.8 Å². The largest absolute Gasteiger partial charge is 0.344 e. The zero-order chi connectivity index (χ0) is 12.4. The Labute approximate surface area is 106 Å². The molecule has 96 valence electrons. The fraction of sp³-hybridized carbons (Fsp3) is 0.833. The Morgan fingerprint density at radius 2 is 2.12 bits per heavy atom. The van der Waals surface area contributed by atoms with E-state index in [1.54, 1.807) is 11.8 Å². The summed E-state index contributed by atoms with van der Waals surface area (Å²) in [6.45, 7) is 2.71. The number of nitrogens with one attached hydrogen (secondary N) is 1. The monoisotopic (exact) mass is 256 g/mol. The molecule has 2 rings (SSSR count). The molecule has 5 heteroatoms. The zero-order valence-electron chi connectivity index (χ0n) is 10.4. The van der Waals surface area contributed by atoms with Crippen LogP contribution in [0, 0.1) is 5.92 Å². The Morgan fingerprint density at radius 3 is 2.71 bits per heavy atom. The Kier molecular flexibility index (Phi) is 3.97. The average Bonchev–Trinajstić information content (AvgIpc) is 3.09. The minimum atomic E-state index is -0.255. The molecule has 2 atom stereocenters. The van der Waals surface area contributed by atoms with E-state index in [4.69, 9.17) is 0 Å². The summed E-state index contributed by atoms with van der Waals surface area (Å²) in [4.78, 5) is 26.0. The van der Waals surface area contributed by atoms with E-state index in [0.29, 0.717) is 12.3 Å². The second-order valence-electron chi connectivity index (χ2n) is 4.96. The summed E-state index contributed by atoms with van der Waals surface area (Å²) < 4.78 is 0. The lowest BCUT2D eigenvalue weighted by Crippen LogP contribution is -2.48. The summed E-state index contributed by atoms with van der Waals surface area (Å²) in [6, 6.07) is -0.229. The molecule has 2 aliphatic rings. The van der Waals surface area contributed by atoms with Gasteiger partial charge in [-0.05, 0) is 31.9 Å². The Balaban J connectivity index is 2.10. The third-order valence-corrected chi connectivity index (χ3v) is 4.10. The molecule has 0 aromatic rings. The van der Waals surface area contributed by atoms with Gasteiger partial charge in [-0.25, -0.2) is 0 Å². The second kappa shape index (κ2) is 5.29. The minimum absolute atomic E-state index is 0.0226. The maximum Gasteiger partial charge on any atom is 0.245 e. The molecule has 1 aliphatic carbocycles. The molecule has 0 spiro atoms. The molecule has 1 aliphatic heterocycles. The number of thioether (sulfide) groups is 1. The normalized spacial score (nSPS) is 30.1. The lowest BCUT2D eigenvalue weighted by molar-refractivity contribution is -0.135. The van der Waals surface area contributed by atoms with Crippen LogP contribution in [-0.2, 0) is 9.59 Å². The number of carbonyl (C=O) groups excluding carboxylic acids is 2. The predicted octanol–water partition coefficient (Wildman–Crippen LogP) is 0.865. The van der Waals surface area contributed by atoms with Crippen LogP contribution in [0.2, 0.25) is 0 Å². The molecule has 0 aromatic heterocycles. The van der Waals surface area contributed by atoms with Gasteiger partial charge in [0.05, 0.1) is 0 Å². The maximum absolute atomic E-state index is 12.4. The van der Waals surface area contributed by atoms with E-state index >= 15 is 0 Å². The smallest absolute Gasteiger partial charge is 0.245 e. The highest BCUT2D eigenvalue weighted by molar-refractivity contribution is 7.98. The van der Waals surface area contributed by atoms with Gasteiger partial charge in [0.15, 0.2) is 0 Å². The molecule has 0 bridgehead atoms. The van der Waals surface area contributed by atoms with Crippen molar-refractivity contribution in [3.8, 4) is 0 Å². The van der Waals surface area contributed by atoms with Crippen molar-refractivity contribution in [1.29, 1.82) is 0 Å². The summed E-state index contributed by atoms with van der Waals surface area (Å²) in [5.41, 5.74) is 0. The van der Waals surface area contributed by atoms with Crippen LogP contribution in [0.4, 0.5) is 0 Å². The van der Waals surface area contributed by atoms with Gasteiger partial charge in [0.25, 0.3) is 0 Å². The number of nitrogens with zero attached hydrogens (tertiary/aromatic N) is 1. The molecule has 0 aromatic carbocycles. The van der Waals surface area contributed by atoms with Gasteiger partial charge in [-0.15, -0.1) is 0 Å². The zero-order valence-corrected chi connectivity index (χ0v) is 11.3. The van der Waals surface area contributed by atoms with Crippen LogP contribution in [0.5, 0.6) is 0 Å². The SMILES string of the molecule is CSCCN1C(=O)C(C2CC2)NC(=O)CC1C. The number of hydrogen-bond donors (Lipinski definition) is 1. The summed E-state index contributed by atoms with van der Waals surface area (Å²) in [5, 5.41) is 2.89. The van der Waals surface area contributed by atoms with E-state index in [-0.39, 0.29) is 23.9 Å². The van der Waals surface area contributed by atoms with Gasteiger partial charge < -0.3 is 10.2 Å². The Bertz CT molecular complexity index is 318. The van der Waals surface area contributed by atoms with Crippen LogP contribution < -0.4 is 5.32 Å². The molecular formula is C12H20N2O2S. The van der Waals surface area contributed by atoms with Gasteiger partial charge in [0.2, 0.25) is 11.8 Å². The van der Waals surface area contributed by atoms with Crippen molar-refractivity contribution < 1.29 is 9.59 Å². The van der Waals surface area contributed by atoms with Crippen molar-refractivity contribution in [3.63, 3.8) is 0 Å². The number of carbonyl (C=O) groups is 2. The highest BCUT2D eigenvalue weighted by atomic mass is 32.2. The minimum Gasteiger partial charge on any atom is -0.344 e. The fourth-order valence-corrected chi connectivity index (χ4v) is 2.72. The molecule has 1 N–H and O–H groups in total. The first kappa shape index (κ1) is 12.7. The summed E-state index contributed by atoms with van der Waals surface area (Å²) in [6.07, 6.45) is 4.61. The van der Waals surface area contributed by atoms with Gasteiger partial charge in [-0.3, -0.25) is 9.59 Å². The lowest BCUT2D eigenvalue weighted by atomic mass is 10.1. The second-order valence-corrected chi connectivity index (χ2v) is 5.95. The van der Waals surface area contributed by atoms with Crippen molar-refractivity contribution in [1.82, 2.24) is 10.2 Å². The lowest BCUT2D eigenvalue weighted by Gasteiger charge is -2.28. The third-order valence-electron chi connectivity index (χ3n) is 3.51. The van der Waals surface area contributed by atoms with Crippen LogP contribution in [-0.4, -0.2) is 47.4 Å². The molecule has 1 heterocycles. The molecule has 0 radical (unpaired) electrons. The van der Waals surface area contributed by atoms with Crippen molar-refractivity contribution in [2.45, 2.75) is 38.3 Å². The van der Waals surface area contributed by atoms with E-state index in [1.165, 1.54) is 0 Å². The molecule has 2 fully saturated rings. The van der Waals surface area contributed by atoms with Crippen molar-refractivity contribution in [3.05, 3.63) is 0 Å². The fourth-order valence-electron chi connectivity index (χ4n) is 2.34. The van der Waals surface area contributed by atoms with E-state index in [0.717, 1.165) is 25.1 Å².